The quantitative estimate of drug-likeness (QED) is 0.433. The summed E-state index contributed by atoms with van der Waals surface area (Å²) in [5.74, 6) is -2.81. The molecule has 14 heteroatoms. The lowest BCUT2D eigenvalue weighted by atomic mass is 10.1. The molecule has 0 unspecified atom stereocenters. The zero-order valence-corrected chi connectivity index (χ0v) is 19.2. The fourth-order valence-electron chi connectivity index (χ4n) is 3.99. The molecule has 0 saturated carbocycles. The van der Waals surface area contributed by atoms with Crippen LogP contribution in [0.4, 0.5) is 10.3 Å². The SMILES string of the molecule is CC(=O)OC[C@H]1O[C@@H](n2c(=O)n(Cc3cccc(C(=O)O)c3)c3cnc(N)nc32)[C@H](OC(C)=O)[C@@H]1F. The lowest BCUT2D eigenvalue weighted by Gasteiger charge is -2.19. The van der Waals surface area contributed by atoms with Crippen LogP contribution >= 0.6 is 0 Å². The predicted octanol–water partition coefficient (Wildman–Crippen LogP) is 0.652. The van der Waals surface area contributed by atoms with Gasteiger partial charge in [-0.2, -0.15) is 4.98 Å². The Hall–Kier alpha value is -4.33. The summed E-state index contributed by atoms with van der Waals surface area (Å²) < 4.78 is 33.2. The largest absolute Gasteiger partial charge is 0.478 e. The molecular weight excluding hydrogens is 481 g/mol. The van der Waals surface area contributed by atoms with E-state index in [-0.39, 0.29) is 29.2 Å². The van der Waals surface area contributed by atoms with Crippen LogP contribution < -0.4 is 11.4 Å². The number of nitrogen functional groups attached to an aromatic ring is 1. The van der Waals surface area contributed by atoms with Crippen molar-refractivity contribution in [1.82, 2.24) is 19.1 Å². The second-order valence-electron chi connectivity index (χ2n) is 8.07. The first kappa shape index (κ1) is 24.8. The van der Waals surface area contributed by atoms with E-state index in [0.29, 0.717) is 5.56 Å². The van der Waals surface area contributed by atoms with Gasteiger partial charge in [-0.25, -0.2) is 23.5 Å². The highest BCUT2D eigenvalue weighted by molar-refractivity contribution is 5.87. The van der Waals surface area contributed by atoms with Crippen LogP contribution in [0.3, 0.4) is 0 Å². The number of aromatic nitrogens is 4. The van der Waals surface area contributed by atoms with Crippen molar-refractivity contribution in [2.75, 3.05) is 12.3 Å². The predicted molar refractivity (Wildman–Crippen MR) is 120 cm³/mol. The number of rotatable bonds is 7. The molecule has 1 aliphatic heterocycles. The molecule has 3 aromatic rings. The monoisotopic (exact) mass is 503 g/mol. The Labute approximate surface area is 202 Å². The molecule has 1 saturated heterocycles. The number of hydrogen-bond donors (Lipinski definition) is 2. The maximum Gasteiger partial charge on any atom is 0.335 e. The van der Waals surface area contributed by atoms with Crippen molar-refractivity contribution < 1.29 is 38.1 Å². The van der Waals surface area contributed by atoms with Crippen molar-refractivity contribution in [3.63, 3.8) is 0 Å². The fourth-order valence-corrected chi connectivity index (χ4v) is 3.99. The minimum absolute atomic E-state index is 0.0208. The van der Waals surface area contributed by atoms with E-state index in [4.69, 9.17) is 19.9 Å². The first-order valence-electron chi connectivity index (χ1n) is 10.7. The Morgan fingerprint density at radius 1 is 1.25 bits per heavy atom. The van der Waals surface area contributed by atoms with E-state index < -0.39 is 54.8 Å². The van der Waals surface area contributed by atoms with E-state index >= 15 is 4.39 Å². The van der Waals surface area contributed by atoms with Crippen molar-refractivity contribution in [2.45, 2.75) is 45.0 Å². The molecule has 3 heterocycles. The highest BCUT2D eigenvalue weighted by atomic mass is 19.1. The number of ether oxygens (including phenoxy) is 3. The number of halogens is 1. The first-order chi connectivity index (χ1) is 17.1. The van der Waals surface area contributed by atoms with Crippen LogP contribution in [0.5, 0.6) is 0 Å². The minimum Gasteiger partial charge on any atom is -0.478 e. The van der Waals surface area contributed by atoms with E-state index in [1.54, 1.807) is 6.07 Å². The molecule has 4 atom stereocenters. The maximum absolute atomic E-state index is 15.3. The van der Waals surface area contributed by atoms with Crippen molar-refractivity contribution in [3.05, 3.63) is 52.1 Å². The van der Waals surface area contributed by atoms with Gasteiger partial charge in [0.15, 0.2) is 24.2 Å². The van der Waals surface area contributed by atoms with E-state index in [1.807, 2.05) is 0 Å². The number of carbonyl (C=O) groups excluding carboxylic acids is 2. The average molecular weight is 503 g/mol. The number of alkyl halides is 1. The van der Waals surface area contributed by atoms with E-state index in [9.17, 15) is 24.3 Å². The molecule has 4 rings (SSSR count). The number of benzene rings is 1. The molecule has 13 nitrogen and oxygen atoms in total. The van der Waals surface area contributed by atoms with E-state index in [1.165, 1.54) is 29.0 Å². The summed E-state index contributed by atoms with van der Waals surface area (Å²) in [4.78, 5) is 55.9. The first-order valence-corrected chi connectivity index (χ1v) is 10.7. The Morgan fingerprint density at radius 2 is 2.00 bits per heavy atom. The summed E-state index contributed by atoms with van der Waals surface area (Å²) in [6, 6.07) is 5.96. The molecule has 190 valence electrons. The van der Waals surface area contributed by atoms with Gasteiger partial charge < -0.3 is 25.1 Å². The van der Waals surface area contributed by atoms with Crippen LogP contribution in [-0.2, 0) is 30.3 Å². The summed E-state index contributed by atoms with van der Waals surface area (Å²) in [7, 11) is 0. The molecule has 0 aliphatic carbocycles. The minimum atomic E-state index is -1.94. The highest BCUT2D eigenvalue weighted by Gasteiger charge is 2.50. The van der Waals surface area contributed by atoms with Gasteiger partial charge in [-0.1, -0.05) is 12.1 Å². The van der Waals surface area contributed by atoms with E-state index in [0.717, 1.165) is 18.4 Å². The fraction of sp³-hybridized carbons (Fsp3) is 0.364. The number of nitrogens with two attached hydrogens (primary N) is 1. The van der Waals surface area contributed by atoms with Crippen molar-refractivity contribution >= 4 is 35.0 Å². The van der Waals surface area contributed by atoms with Crippen molar-refractivity contribution in [2.24, 2.45) is 0 Å². The van der Waals surface area contributed by atoms with Crippen LogP contribution in [0.25, 0.3) is 11.2 Å². The highest BCUT2D eigenvalue weighted by Crippen LogP contribution is 2.35. The standard InChI is InChI=1S/C22H22FN5O8/c1-10(29)34-9-15-16(23)17(35-11(2)30)19(36-15)28-18-14(7-25-21(24)26-18)27(22(28)33)8-12-4-3-5-13(6-12)20(31)32/h3-7,15-17,19H,8-9H2,1-2H3,(H,31,32)(H2,24,25,26)/t15-,16-,17-,19-/m1/s1. The molecule has 0 amide bonds. The summed E-state index contributed by atoms with van der Waals surface area (Å²) in [6.45, 7) is 1.65. The molecule has 0 spiro atoms. The number of anilines is 1. The zero-order chi connectivity index (χ0) is 26.1. The van der Waals surface area contributed by atoms with Crippen molar-refractivity contribution in [1.29, 1.82) is 0 Å². The summed E-state index contributed by atoms with van der Waals surface area (Å²) in [5, 5.41) is 9.28. The second kappa shape index (κ2) is 9.73. The number of hydrogen-bond acceptors (Lipinski definition) is 10. The third-order valence-electron chi connectivity index (χ3n) is 5.51. The number of aromatic carboxylic acids is 1. The average Bonchev–Trinajstić information content (AvgIpc) is 3.25. The zero-order valence-electron chi connectivity index (χ0n) is 19.2. The molecule has 1 aromatic carbocycles. The van der Waals surface area contributed by atoms with Crippen LogP contribution in [0.2, 0.25) is 0 Å². The number of esters is 2. The Balaban J connectivity index is 1.82. The lowest BCUT2D eigenvalue weighted by Crippen LogP contribution is -2.37. The van der Waals surface area contributed by atoms with Crippen LogP contribution in [0.15, 0.2) is 35.3 Å². The van der Waals surface area contributed by atoms with Gasteiger partial charge in [0.2, 0.25) is 5.95 Å². The molecule has 2 aromatic heterocycles. The Bertz CT molecular complexity index is 1400. The molecule has 3 N–H and O–H groups in total. The molecule has 0 bridgehead atoms. The number of imidazole rings is 1. The number of nitrogens with zero attached hydrogens (tertiary/aromatic N) is 4. The maximum atomic E-state index is 15.3. The molecule has 1 aliphatic rings. The second-order valence-corrected chi connectivity index (χ2v) is 8.07. The third kappa shape index (κ3) is 4.75. The lowest BCUT2D eigenvalue weighted by molar-refractivity contribution is -0.154. The van der Waals surface area contributed by atoms with Gasteiger partial charge in [-0.15, -0.1) is 0 Å². The van der Waals surface area contributed by atoms with Gasteiger partial charge in [-0.05, 0) is 17.7 Å². The molecule has 1 fully saturated rings. The van der Waals surface area contributed by atoms with Crippen LogP contribution in [0, 0.1) is 0 Å². The summed E-state index contributed by atoms with van der Waals surface area (Å²) in [6.07, 6.45) is -5.02. The van der Waals surface area contributed by atoms with Gasteiger partial charge in [0.05, 0.1) is 18.3 Å². The smallest absolute Gasteiger partial charge is 0.335 e. The number of carbonyl (C=O) groups is 3. The van der Waals surface area contributed by atoms with Crippen LogP contribution in [-0.4, -0.2) is 67.1 Å². The molecule has 0 radical (unpaired) electrons. The number of carboxylic acid groups (broad SMARTS) is 1. The van der Waals surface area contributed by atoms with Gasteiger partial charge >= 0.3 is 23.6 Å². The van der Waals surface area contributed by atoms with Crippen molar-refractivity contribution in [3.8, 4) is 0 Å². The topological polar surface area (TPSA) is 178 Å². The van der Waals surface area contributed by atoms with E-state index in [2.05, 4.69) is 9.97 Å². The summed E-state index contributed by atoms with van der Waals surface area (Å²) in [5.41, 5.74) is 5.68. The van der Waals surface area contributed by atoms with Gasteiger partial charge in [-0.3, -0.25) is 14.2 Å². The third-order valence-corrected chi connectivity index (χ3v) is 5.51. The molecule has 36 heavy (non-hydrogen) atoms. The van der Waals surface area contributed by atoms with Gasteiger partial charge in [0.1, 0.15) is 18.2 Å². The van der Waals surface area contributed by atoms with Gasteiger partial charge in [0, 0.05) is 13.8 Å². The van der Waals surface area contributed by atoms with Crippen LogP contribution in [0.1, 0.15) is 36.0 Å². The summed E-state index contributed by atoms with van der Waals surface area (Å²) >= 11 is 0. The Morgan fingerprint density at radius 3 is 2.67 bits per heavy atom. The number of fused-ring (bicyclic) bond motifs is 1. The molecular formula is C22H22FN5O8. The number of carboxylic acids is 1. The normalized spacial score (nSPS) is 21.4. The van der Waals surface area contributed by atoms with Gasteiger partial charge in [0.25, 0.3) is 0 Å². The Kier molecular flexibility index (Phi) is 6.70.